The van der Waals surface area contributed by atoms with Crippen molar-refractivity contribution in [3.63, 3.8) is 0 Å². The molecule has 1 aromatic carbocycles. The number of halogens is 1. The summed E-state index contributed by atoms with van der Waals surface area (Å²) in [6, 6.07) is 5.65. The lowest BCUT2D eigenvalue weighted by molar-refractivity contribution is -0.124. The number of rotatable bonds is 5. The predicted octanol–water partition coefficient (Wildman–Crippen LogP) is 1.93. The van der Waals surface area contributed by atoms with Crippen LogP contribution in [-0.4, -0.2) is 29.8 Å². The van der Waals surface area contributed by atoms with E-state index in [1.807, 2.05) is 6.92 Å². The van der Waals surface area contributed by atoms with E-state index in [2.05, 4.69) is 5.32 Å². The van der Waals surface area contributed by atoms with Gasteiger partial charge in [-0.15, -0.1) is 0 Å². The van der Waals surface area contributed by atoms with E-state index in [1.54, 1.807) is 6.07 Å². The molecule has 20 heavy (non-hydrogen) atoms. The zero-order valence-electron chi connectivity index (χ0n) is 11.6. The van der Waals surface area contributed by atoms with Crippen LogP contribution < -0.4 is 5.32 Å². The third-order valence-electron chi connectivity index (χ3n) is 3.57. The Bertz CT molecular complexity index is 472. The SMILES string of the molecule is CC1(CNC(=O)CC(O)c2cccc(F)c2)CCCO1. The normalized spacial score (nSPS) is 23.6. The molecule has 1 heterocycles. The van der Waals surface area contributed by atoms with Crippen LogP contribution in [0.1, 0.15) is 37.9 Å². The summed E-state index contributed by atoms with van der Waals surface area (Å²) in [5.74, 6) is -0.688. The van der Waals surface area contributed by atoms with Crippen LogP contribution in [-0.2, 0) is 9.53 Å². The number of carbonyl (C=O) groups is 1. The van der Waals surface area contributed by atoms with Crippen LogP contribution in [0, 0.1) is 5.82 Å². The highest BCUT2D eigenvalue weighted by atomic mass is 19.1. The molecule has 110 valence electrons. The number of nitrogens with one attached hydrogen (secondary N) is 1. The summed E-state index contributed by atoms with van der Waals surface area (Å²) in [4.78, 5) is 11.8. The van der Waals surface area contributed by atoms with Crippen LogP contribution >= 0.6 is 0 Å². The minimum atomic E-state index is -0.997. The Kier molecular flexibility index (Phi) is 4.73. The van der Waals surface area contributed by atoms with Gasteiger partial charge in [0.1, 0.15) is 5.82 Å². The molecule has 2 rings (SSSR count). The van der Waals surface area contributed by atoms with Crippen molar-refractivity contribution in [2.45, 2.75) is 37.9 Å². The second kappa shape index (κ2) is 6.33. The number of benzene rings is 1. The molecule has 2 atom stereocenters. The Labute approximate surface area is 117 Å². The first kappa shape index (κ1) is 14.9. The van der Waals surface area contributed by atoms with Gasteiger partial charge >= 0.3 is 0 Å². The lowest BCUT2D eigenvalue weighted by Crippen LogP contribution is -2.40. The van der Waals surface area contributed by atoms with Crippen molar-refractivity contribution in [2.75, 3.05) is 13.2 Å². The van der Waals surface area contributed by atoms with Crippen molar-refractivity contribution < 1.29 is 19.0 Å². The number of amides is 1. The molecule has 0 bridgehead atoms. The largest absolute Gasteiger partial charge is 0.388 e. The van der Waals surface area contributed by atoms with Crippen LogP contribution in [0.3, 0.4) is 0 Å². The zero-order chi connectivity index (χ0) is 14.6. The van der Waals surface area contributed by atoms with E-state index in [0.717, 1.165) is 19.4 Å². The molecule has 4 nitrogen and oxygen atoms in total. The molecule has 1 aromatic rings. The van der Waals surface area contributed by atoms with Crippen LogP contribution in [0.5, 0.6) is 0 Å². The maximum absolute atomic E-state index is 13.0. The standard InChI is InChI=1S/C15H20FNO3/c1-15(6-3-7-20-15)10-17-14(19)9-13(18)11-4-2-5-12(16)8-11/h2,4-5,8,13,18H,3,6-7,9-10H2,1H3,(H,17,19). The average molecular weight is 281 g/mol. The predicted molar refractivity (Wildman–Crippen MR) is 72.6 cm³/mol. The van der Waals surface area contributed by atoms with Gasteiger partial charge in [0.15, 0.2) is 0 Å². The molecule has 1 aliphatic heterocycles. The Morgan fingerprint density at radius 3 is 3.05 bits per heavy atom. The van der Waals surface area contributed by atoms with Crippen molar-refractivity contribution in [1.82, 2.24) is 5.32 Å². The van der Waals surface area contributed by atoms with Gasteiger partial charge < -0.3 is 15.2 Å². The summed E-state index contributed by atoms with van der Waals surface area (Å²) in [7, 11) is 0. The van der Waals surface area contributed by atoms with E-state index >= 15 is 0 Å². The molecule has 5 heteroatoms. The molecule has 0 aliphatic carbocycles. The van der Waals surface area contributed by atoms with E-state index in [1.165, 1.54) is 18.2 Å². The number of aliphatic hydroxyl groups excluding tert-OH is 1. The van der Waals surface area contributed by atoms with E-state index in [9.17, 15) is 14.3 Å². The van der Waals surface area contributed by atoms with Gasteiger partial charge in [0.2, 0.25) is 5.91 Å². The maximum atomic E-state index is 13.0. The molecular formula is C15H20FNO3. The fraction of sp³-hybridized carbons (Fsp3) is 0.533. The topological polar surface area (TPSA) is 58.6 Å². The van der Waals surface area contributed by atoms with Gasteiger partial charge in [-0.3, -0.25) is 4.79 Å². The summed E-state index contributed by atoms with van der Waals surface area (Å²) in [5, 5.41) is 12.7. The number of ether oxygens (including phenoxy) is 1. The van der Waals surface area contributed by atoms with Crippen molar-refractivity contribution in [3.05, 3.63) is 35.6 Å². The van der Waals surface area contributed by atoms with Gasteiger partial charge in [-0.2, -0.15) is 0 Å². The molecule has 1 amide bonds. The molecule has 1 aliphatic rings. The van der Waals surface area contributed by atoms with Gasteiger partial charge in [0, 0.05) is 13.2 Å². The number of carbonyl (C=O) groups excluding carboxylic acids is 1. The van der Waals surface area contributed by atoms with E-state index < -0.39 is 11.9 Å². The van der Waals surface area contributed by atoms with Crippen molar-refractivity contribution in [1.29, 1.82) is 0 Å². The second-order valence-electron chi connectivity index (χ2n) is 5.45. The number of hydrogen-bond acceptors (Lipinski definition) is 3. The average Bonchev–Trinajstić information content (AvgIpc) is 2.84. The molecule has 0 aromatic heterocycles. The quantitative estimate of drug-likeness (QED) is 0.867. The van der Waals surface area contributed by atoms with E-state index in [0.29, 0.717) is 12.1 Å². The smallest absolute Gasteiger partial charge is 0.223 e. The highest BCUT2D eigenvalue weighted by Crippen LogP contribution is 2.24. The van der Waals surface area contributed by atoms with Crippen molar-refractivity contribution >= 4 is 5.91 Å². The van der Waals surface area contributed by atoms with Gasteiger partial charge in [-0.25, -0.2) is 4.39 Å². The maximum Gasteiger partial charge on any atom is 0.223 e. The molecule has 2 N–H and O–H groups in total. The Morgan fingerprint density at radius 1 is 1.60 bits per heavy atom. The summed E-state index contributed by atoms with van der Waals surface area (Å²) in [6.45, 7) is 3.11. The Balaban J connectivity index is 1.82. The van der Waals surface area contributed by atoms with Crippen molar-refractivity contribution in [2.24, 2.45) is 0 Å². The first-order valence-electron chi connectivity index (χ1n) is 6.83. The third-order valence-corrected chi connectivity index (χ3v) is 3.57. The Hall–Kier alpha value is -1.46. The molecule has 0 saturated carbocycles. The number of hydrogen-bond donors (Lipinski definition) is 2. The molecule has 0 spiro atoms. The van der Waals surface area contributed by atoms with Crippen LogP contribution in [0.2, 0.25) is 0 Å². The van der Waals surface area contributed by atoms with Gasteiger partial charge in [-0.1, -0.05) is 12.1 Å². The van der Waals surface area contributed by atoms with Gasteiger partial charge in [0.05, 0.1) is 18.1 Å². The van der Waals surface area contributed by atoms with E-state index in [4.69, 9.17) is 4.74 Å². The summed E-state index contributed by atoms with van der Waals surface area (Å²) in [6.07, 6.45) is 0.834. The lowest BCUT2D eigenvalue weighted by Gasteiger charge is -2.23. The first-order valence-corrected chi connectivity index (χ1v) is 6.83. The monoisotopic (exact) mass is 281 g/mol. The summed E-state index contributed by atoms with van der Waals surface area (Å²) < 4.78 is 18.6. The van der Waals surface area contributed by atoms with Crippen LogP contribution in [0.4, 0.5) is 4.39 Å². The van der Waals surface area contributed by atoms with Crippen molar-refractivity contribution in [3.8, 4) is 0 Å². The van der Waals surface area contributed by atoms with Gasteiger partial charge in [-0.05, 0) is 37.5 Å². The molecule has 1 saturated heterocycles. The lowest BCUT2D eigenvalue weighted by atomic mass is 10.0. The second-order valence-corrected chi connectivity index (χ2v) is 5.45. The zero-order valence-corrected chi connectivity index (χ0v) is 11.6. The highest BCUT2D eigenvalue weighted by Gasteiger charge is 2.30. The molecule has 1 fully saturated rings. The van der Waals surface area contributed by atoms with Gasteiger partial charge in [0.25, 0.3) is 0 Å². The number of aliphatic hydroxyl groups is 1. The first-order chi connectivity index (χ1) is 9.48. The van der Waals surface area contributed by atoms with E-state index in [-0.39, 0.29) is 17.9 Å². The highest BCUT2D eigenvalue weighted by molar-refractivity contribution is 5.76. The fourth-order valence-electron chi connectivity index (χ4n) is 2.34. The summed E-state index contributed by atoms with van der Waals surface area (Å²) >= 11 is 0. The molecule has 2 unspecified atom stereocenters. The minimum Gasteiger partial charge on any atom is -0.388 e. The third kappa shape index (κ3) is 4.02. The molecule has 0 radical (unpaired) electrons. The minimum absolute atomic E-state index is 0.0838. The van der Waals surface area contributed by atoms with Crippen LogP contribution in [0.25, 0.3) is 0 Å². The summed E-state index contributed by atoms with van der Waals surface area (Å²) in [5.41, 5.74) is 0.0999. The molecular weight excluding hydrogens is 261 g/mol. The Morgan fingerprint density at radius 2 is 2.40 bits per heavy atom. The fourth-order valence-corrected chi connectivity index (χ4v) is 2.34. The van der Waals surface area contributed by atoms with Crippen LogP contribution in [0.15, 0.2) is 24.3 Å².